The quantitative estimate of drug-likeness (QED) is 0.565. The highest BCUT2D eigenvalue weighted by Gasteiger charge is 2.27. The van der Waals surface area contributed by atoms with Crippen molar-refractivity contribution in [3.05, 3.63) is 65.2 Å². The van der Waals surface area contributed by atoms with Crippen molar-refractivity contribution in [2.24, 2.45) is 0 Å². The molecule has 160 valence electrons. The molecule has 30 heavy (non-hydrogen) atoms. The summed E-state index contributed by atoms with van der Waals surface area (Å²) in [7, 11) is -2.63. The highest BCUT2D eigenvalue weighted by molar-refractivity contribution is 7.89. The lowest BCUT2D eigenvalue weighted by molar-refractivity contribution is -0.155. The molecule has 0 aliphatic carbocycles. The number of imide groups is 1. The Labute approximate surface area is 174 Å². The van der Waals surface area contributed by atoms with Crippen molar-refractivity contribution < 1.29 is 27.5 Å². The molecule has 0 radical (unpaired) electrons. The summed E-state index contributed by atoms with van der Waals surface area (Å²) in [6.45, 7) is 2.94. The molecule has 1 atom stereocenters. The molecule has 0 saturated heterocycles. The Hall–Kier alpha value is -3.24. The number of carbonyl (C=O) groups excluding carboxylic acids is 3. The van der Waals surface area contributed by atoms with Gasteiger partial charge in [-0.05, 0) is 37.1 Å². The van der Waals surface area contributed by atoms with Crippen molar-refractivity contribution in [1.82, 2.24) is 15.4 Å². The van der Waals surface area contributed by atoms with Crippen molar-refractivity contribution in [3.8, 4) is 0 Å². The van der Waals surface area contributed by atoms with Crippen LogP contribution in [0.2, 0.25) is 0 Å². The van der Waals surface area contributed by atoms with Crippen LogP contribution in [0.1, 0.15) is 22.8 Å². The van der Waals surface area contributed by atoms with Gasteiger partial charge in [-0.15, -0.1) is 0 Å². The highest BCUT2D eigenvalue weighted by atomic mass is 32.2. The zero-order valence-electron chi connectivity index (χ0n) is 16.8. The lowest BCUT2D eigenvalue weighted by atomic mass is 10.1. The van der Waals surface area contributed by atoms with Crippen LogP contribution < -0.4 is 15.4 Å². The summed E-state index contributed by atoms with van der Waals surface area (Å²) in [4.78, 5) is 36.1. The lowest BCUT2D eigenvalue weighted by Gasteiger charge is -2.17. The van der Waals surface area contributed by atoms with E-state index in [1.807, 2.05) is 12.2 Å². The largest absolute Gasteiger partial charge is 0.446 e. The second-order valence-corrected chi connectivity index (χ2v) is 8.19. The molecule has 0 bridgehead atoms. The molecular formula is C20H23N3O6S. The Morgan fingerprint density at radius 1 is 1.00 bits per heavy atom. The molecule has 1 unspecified atom stereocenters. The van der Waals surface area contributed by atoms with Crippen LogP contribution in [0.3, 0.4) is 0 Å². The van der Waals surface area contributed by atoms with Gasteiger partial charge in [0.2, 0.25) is 16.1 Å². The second kappa shape index (κ2) is 9.99. The number of esters is 1. The maximum Gasteiger partial charge on any atom is 0.322 e. The first kappa shape index (κ1) is 23.0. The molecule has 0 saturated carbocycles. The summed E-state index contributed by atoms with van der Waals surface area (Å²) in [6, 6.07) is 11.9. The smallest absolute Gasteiger partial charge is 0.322 e. The van der Waals surface area contributed by atoms with Gasteiger partial charge in [0.1, 0.15) is 6.54 Å². The number of nitrogens with one attached hydrogen (secondary N) is 3. The fraction of sp³-hybridized carbons (Fsp3) is 0.250. The molecule has 9 nitrogen and oxygen atoms in total. The number of urea groups is 1. The summed E-state index contributed by atoms with van der Waals surface area (Å²) in [5.74, 6) is -1.85. The van der Waals surface area contributed by atoms with E-state index < -0.39 is 40.6 Å². The molecular weight excluding hydrogens is 410 g/mol. The van der Waals surface area contributed by atoms with E-state index in [0.717, 1.165) is 11.1 Å². The van der Waals surface area contributed by atoms with Gasteiger partial charge in [-0.25, -0.2) is 13.2 Å². The maximum atomic E-state index is 12.4. The third-order valence-corrected chi connectivity index (χ3v) is 5.65. The average molecular weight is 433 g/mol. The van der Waals surface area contributed by atoms with Crippen LogP contribution in [0.5, 0.6) is 0 Å². The van der Waals surface area contributed by atoms with Crippen LogP contribution in [-0.2, 0) is 24.3 Å². The number of carbonyl (C=O) groups is 3. The molecule has 10 heteroatoms. The van der Waals surface area contributed by atoms with Gasteiger partial charge in [0.05, 0.1) is 4.90 Å². The Morgan fingerprint density at radius 3 is 2.27 bits per heavy atom. The van der Waals surface area contributed by atoms with E-state index in [1.165, 1.54) is 19.2 Å². The summed E-state index contributed by atoms with van der Waals surface area (Å²) >= 11 is 0. The number of aryl methyl sites for hydroxylation is 2. The van der Waals surface area contributed by atoms with Crippen molar-refractivity contribution in [3.63, 3.8) is 0 Å². The molecule has 0 aliphatic rings. The van der Waals surface area contributed by atoms with E-state index in [9.17, 15) is 22.8 Å². The first-order valence-electron chi connectivity index (χ1n) is 8.98. The summed E-state index contributed by atoms with van der Waals surface area (Å²) in [5, 5.41) is 4.26. The van der Waals surface area contributed by atoms with E-state index in [4.69, 9.17) is 4.74 Å². The van der Waals surface area contributed by atoms with Gasteiger partial charge in [-0.2, -0.15) is 4.72 Å². The Balaban J connectivity index is 2.10. The Bertz CT molecular complexity index is 1040. The maximum absolute atomic E-state index is 12.4. The van der Waals surface area contributed by atoms with Gasteiger partial charge in [-0.1, -0.05) is 36.4 Å². The highest BCUT2D eigenvalue weighted by Crippen LogP contribution is 2.18. The molecule has 0 heterocycles. The van der Waals surface area contributed by atoms with E-state index in [1.54, 1.807) is 43.3 Å². The molecule has 0 spiro atoms. The first-order chi connectivity index (χ1) is 14.1. The van der Waals surface area contributed by atoms with E-state index in [0.29, 0.717) is 5.56 Å². The van der Waals surface area contributed by atoms with Gasteiger partial charge < -0.3 is 10.1 Å². The van der Waals surface area contributed by atoms with Gasteiger partial charge in [0.25, 0.3) is 5.91 Å². The third kappa shape index (κ3) is 6.13. The number of hydrogen-bond acceptors (Lipinski definition) is 6. The summed E-state index contributed by atoms with van der Waals surface area (Å²) in [5.41, 5.74) is 2.04. The minimum atomic E-state index is -3.95. The minimum absolute atomic E-state index is 0.00960. The van der Waals surface area contributed by atoms with Crippen LogP contribution in [0, 0.1) is 13.8 Å². The van der Waals surface area contributed by atoms with E-state index in [2.05, 4.69) is 10.0 Å². The number of amides is 3. The van der Waals surface area contributed by atoms with Crippen LogP contribution in [0.4, 0.5) is 4.79 Å². The molecule has 0 fully saturated rings. The molecule has 0 aromatic heterocycles. The van der Waals surface area contributed by atoms with Crippen molar-refractivity contribution in [2.45, 2.75) is 24.8 Å². The van der Waals surface area contributed by atoms with Crippen LogP contribution in [0.15, 0.2) is 53.4 Å². The minimum Gasteiger partial charge on any atom is -0.446 e. The predicted molar refractivity (Wildman–Crippen MR) is 109 cm³/mol. The first-order valence-corrected chi connectivity index (χ1v) is 10.5. The van der Waals surface area contributed by atoms with Gasteiger partial charge in [-0.3, -0.25) is 14.9 Å². The standard InChI is InChI=1S/C20H23N3O6S/c1-13-9-10-16(11-14(13)2)30(27,28)22-12-17(24)29-18(15-7-5-4-6-8-15)19(25)23-20(26)21-3/h4-11,18,22H,12H2,1-3H3,(H2,21,23,25,26). The van der Waals surface area contributed by atoms with Gasteiger partial charge in [0, 0.05) is 12.6 Å². The average Bonchev–Trinajstić information content (AvgIpc) is 2.72. The van der Waals surface area contributed by atoms with Crippen molar-refractivity contribution in [2.75, 3.05) is 13.6 Å². The van der Waals surface area contributed by atoms with E-state index >= 15 is 0 Å². The predicted octanol–water partition coefficient (Wildman–Crippen LogP) is 1.32. The second-order valence-electron chi connectivity index (χ2n) is 6.42. The van der Waals surface area contributed by atoms with Crippen LogP contribution in [-0.4, -0.2) is 39.9 Å². The molecule has 3 N–H and O–H groups in total. The molecule has 0 aliphatic heterocycles. The SMILES string of the molecule is CNC(=O)NC(=O)C(OC(=O)CNS(=O)(=O)c1ccc(C)c(C)c1)c1ccccc1. The Kier molecular flexibility index (Phi) is 7.67. The summed E-state index contributed by atoms with van der Waals surface area (Å²) in [6.07, 6.45) is -1.43. The monoisotopic (exact) mass is 433 g/mol. The zero-order valence-corrected chi connectivity index (χ0v) is 17.6. The number of benzene rings is 2. The topological polar surface area (TPSA) is 131 Å². The molecule has 2 aromatic carbocycles. The molecule has 3 amide bonds. The van der Waals surface area contributed by atoms with Crippen molar-refractivity contribution >= 4 is 27.9 Å². The lowest BCUT2D eigenvalue weighted by Crippen LogP contribution is -2.42. The zero-order chi connectivity index (χ0) is 22.3. The number of rotatable bonds is 7. The third-order valence-electron chi connectivity index (χ3n) is 4.25. The number of ether oxygens (including phenoxy) is 1. The fourth-order valence-corrected chi connectivity index (χ4v) is 3.49. The fourth-order valence-electron chi connectivity index (χ4n) is 2.43. The van der Waals surface area contributed by atoms with Gasteiger partial charge >= 0.3 is 12.0 Å². The van der Waals surface area contributed by atoms with Crippen LogP contribution in [0.25, 0.3) is 0 Å². The van der Waals surface area contributed by atoms with Crippen molar-refractivity contribution in [1.29, 1.82) is 0 Å². The van der Waals surface area contributed by atoms with Gasteiger partial charge in [0.15, 0.2) is 0 Å². The number of hydrogen-bond donors (Lipinski definition) is 3. The Morgan fingerprint density at radius 2 is 1.67 bits per heavy atom. The normalized spacial score (nSPS) is 12.0. The summed E-state index contributed by atoms with van der Waals surface area (Å²) < 4.78 is 32.2. The van der Waals surface area contributed by atoms with Crippen LogP contribution >= 0.6 is 0 Å². The molecule has 2 rings (SSSR count). The number of sulfonamides is 1. The van der Waals surface area contributed by atoms with E-state index in [-0.39, 0.29) is 4.90 Å². The molecule has 2 aromatic rings.